The van der Waals surface area contributed by atoms with Gasteiger partial charge in [0.1, 0.15) is 0 Å². The van der Waals surface area contributed by atoms with E-state index in [2.05, 4.69) is 22.3 Å². The first-order valence-electron chi connectivity index (χ1n) is 7.49. The number of hydrogen-bond acceptors (Lipinski definition) is 3. The Bertz CT molecular complexity index is 816. The Labute approximate surface area is 134 Å². The Morgan fingerprint density at radius 2 is 1.96 bits per heavy atom. The SMILES string of the molecule is Cc1nn(CCC(N)=O)c(C)c1-c1ccc(-n2cccn2)cc1. The maximum atomic E-state index is 11.0. The predicted molar refractivity (Wildman–Crippen MR) is 88.1 cm³/mol. The molecule has 0 aliphatic carbocycles. The highest BCUT2D eigenvalue weighted by molar-refractivity contribution is 5.73. The lowest BCUT2D eigenvalue weighted by Gasteiger charge is -2.06. The molecule has 0 aliphatic rings. The third-order valence-corrected chi connectivity index (χ3v) is 3.88. The van der Waals surface area contributed by atoms with Crippen LogP contribution in [0.25, 0.3) is 16.8 Å². The number of nitrogens with two attached hydrogens (primary N) is 1. The fourth-order valence-corrected chi connectivity index (χ4v) is 2.75. The number of aryl methyl sites for hydroxylation is 2. The lowest BCUT2D eigenvalue weighted by atomic mass is 10.0. The van der Waals surface area contributed by atoms with Crippen molar-refractivity contribution in [2.45, 2.75) is 26.8 Å². The molecular weight excluding hydrogens is 290 g/mol. The minimum absolute atomic E-state index is 0.291. The van der Waals surface area contributed by atoms with Gasteiger partial charge in [-0.2, -0.15) is 10.2 Å². The molecule has 1 aromatic carbocycles. The Kier molecular flexibility index (Phi) is 3.97. The molecule has 0 spiro atoms. The van der Waals surface area contributed by atoms with Crippen molar-refractivity contribution in [1.29, 1.82) is 0 Å². The van der Waals surface area contributed by atoms with Gasteiger partial charge in [0.25, 0.3) is 0 Å². The molecule has 6 nitrogen and oxygen atoms in total. The second-order valence-corrected chi connectivity index (χ2v) is 5.48. The molecule has 0 radical (unpaired) electrons. The Balaban J connectivity index is 1.91. The average molecular weight is 309 g/mol. The molecule has 3 aromatic rings. The zero-order valence-corrected chi connectivity index (χ0v) is 13.2. The zero-order chi connectivity index (χ0) is 16.4. The van der Waals surface area contributed by atoms with E-state index in [1.54, 1.807) is 6.20 Å². The Morgan fingerprint density at radius 3 is 2.57 bits per heavy atom. The molecule has 0 saturated heterocycles. The van der Waals surface area contributed by atoms with Crippen molar-refractivity contribution in [3.8, 4) is 16.8 Å². The third-order valence-electron chi connectivity index (χ3n) is 3.88. The first-order valence-corrected chi connectivity index (χ1v) is 7.49. The molecule has 0 saturated carbocycles. The van der Waals surface area contributed by atoms with Crippen molar-refractivity contribution in [2.75, 3.05) is 0 Å². The van der Waals surface area contributed by atoms with Crippen LogP contribution in [0.5, 0.6) is 0 Å². The van der Waals surface area contributed by atoms with Gasteiger partial charge in [-0.25, -0.2) is 4.68 Å². The van der Waals surface area contributed by atoms with Crippen molar-refractivity contribution in [3.63, 3.8) is 0 Å². The summed E-state index contributed by atoms with van der Waals surface area (Å²) in [6, 6.07) is 10.1. The number of benzene rings is 1. The number of aromatic nitrogens is 4. The van der Waals surface area contributed by atoms with Gasteiger partial charge in [0.2, 0.25) is 5.91 Å². The summed E-state index contributed by atoms with van der Waals surface area (Å²) in [4.78, 5) is 11.0. The molecule has 0 fully saturated rings. The van der Waals surface area contributed by atoms with Gasteiger partial charge in [-0.1, -0.05) is 12.1 Å². The summed E-state index contributed by atoms with van der Waals surface area (Å²) in [5.41, 5.74) is 10.4. The summed E-state index contributed by atoms with van der Waals surface area (Å²) >= 11 is 0. The number of hydrogen-bond donors (Lipinski definition) is 1. The average Bonchev–Trinajstić information content (AvgIpc) is 3.14. The zero-order valence-electron chi connectivity index (χ0n) is 13.2. The number of primary amides is 1. The van der Waals surface area contributed by atoms with Crippen molar-refractivity contribution >= 4 is 5.91 Å². The molecule has 3 rings (SSSR count). The first-order chi connectivity index (χ1) is 11.1. The molecule has 0 aliphatic heterocycles. The monoisotopic (exact) mass is 309 g/mol. The van der Waals surface area contributed by atoms with Gasteiger partial charge >= 0.3 is 0 Å². The van der Waals surface area contributed by atoms with E-state index in [1.807, 2.05) is 47.6 Å². The lowest BCUT2D eigenvalue weighted by Crippen LogP contribution is -2.15. The normalized spacial score (nSPS) is 10.9. The predicted octanol–water partition coefficient (Wildman–Crippen LogP) is 2.23. The van der Waals surface area contributed by atoms with Gasteiger partial charge in [-0.3, -0.25) is 9.48 Å². The van der Waals surface area contributed by atoms with E-state index in [-0.39, 0.29) is 5.91 Å². The van der Waals surface area contributed by atoms with Gasteiger partial charge in [-0.15, -0.1) is 0 Å². The van der Waals surface area contributed by atoms with Crippen LogP contribution in [0.4, 0.5) is 0 Å². The largest absolute Gasteiger partial charge is 0.370 e. The van der Waals surface area contributed by atoms with E-state index in [1.165, 1.54) is 0 Å². The molecule has 2 aromatic heterocycles. The standard InChI is InChI=1S/C17H19N5O/c1-12-17(13(2)21(20-12)11-8-16(18)23)14-4-6-15(7-5-14)22-10-3-9-19-22/h3-7,9-10H,8,11H2,1-2H3,(H2,18,23). The van der Waals surface area contributed by atoms with Crippen molar-refractivity contribution in [2.24, 2.45) is 5.73 Å². The van der Waals surface area contributed by atoms with E-state index in [9.17, 15) is 4.79 Å². The summed E-state index contributed by atoms with van der Waals surface area (Å²) in [7, 11) is 0. The molecule has 2 N–H and O–H groups in total. The number of carbonyl (C=O) groups is 1. The van der Waals surface area contributed by atoms with E-state index in [0.29, 0.717) is 13.0 Å². The number of carbonyl (C=O) groups excluding carboxylic acids is 1. The molecule has 1 amide bonds. The molecule has 6 heteroatoms. The molecule has 2 heterocycles. The summed E-state index contributed by atoms with van der Waals surface area (Å²) in [5.74, 6) is -0.317. The number of rotatable bonds is 5. The Hall–Kier alpha value is -2.89. The topological polar surface area (TPSA) is 78.7 Å². The van der Waals surface area contributed by atoms with E-state index in [0.717, 1.165) is 28.2 Å². The fourth-order valence-electron chi connectivity index (χ4n) is 2.75. The molecular formula is C17H19N5O. The summed E-state index contributed by atoms with van der Waals surface area (Å²) in [6.45, 7) is 4.50. The van der Waals surface area contributed by atoms with E-state index < -0.39 is 0 Å². The molecule has 0 unspecified atom stereocenters. The highest BCUT2D eigenvalue weighted by atomic mass is 16.1. The molecule has 0 atom stereocenters. The highest BCUT2D eigenvalue weighted by Gasteiger charge is 2.14. The van der Waals surface area contributed by atoms with Crippen LogP contribution in [0.2, 0.25) is 0 Å². The van der Waals surface area contributed by atoms with Gasteiger partial charge < -0.3 is 5.73 Å². The Morgan fingerprint density at radius 1 is 1.22 bits per heavy atom. The second kappa shape index (κ2) is 6.08. The summed E-state index contributed by atoms with van der Waals surface area (Å²) < 4.78 is 3.66. The van der Waals surface area contributed by atoms with Crippen LogP contribution in [0.15, 0.2) is 42.7 Å². The van der Waals surface area contributed by atoms with Crippen LogP contribution in [0.3, 0.4) is 0 Å². The minimum atomic E-state index is -0.317. The maximum Gasteiger partial charge on any atom is 0.219 e. The summed E-state index contributed by atoms with van der Waals surface area (Å²) in [6.07, 6.45) is 3.96. The van der Waals surface area contributed by atoms with Crippen LogP contribution >= 0.6 is 0 Å². The lowest BCUT2D eigenvalue weighted by molar-refractivity contribution is -0.118. The summed E-state index contributed by atoms with van der Waals surface area (Å²) in [5, 5.41) is 8.75. The van der Waals surface area contributed by atoms with Gasteiger partial charge in [0, 0.05) is 36.6 Å². The van der Waals surface area contributed by atoms with E-state index >= 15 is 0 Å². The highest BCUT2D eigenvalue weighted by Crippen LogP contribution is 2.27. The third kappa shape index (κ3) is 3.01. The second-order valence-electron chi connectivity index (χ2n) is 5.48. The van der Waals surface area contributed by atoms with Crippen LogP contribution in [-0.4, -0.2) is 25.5 Å². The van der Waals surface area contributed by atoms with Gasteiger partial charge in [0.05, 0.1) is 11.4 Å². The molecule has 0 bridgehead atoms. The van der Waals surface area contributed by atoms with Gasteiger partial charge in [-0.05, 0) is 37.6 Å². The van der Waals surface area contributed by atoms with Crippen molar-refractivity contribution in [3.05, 3.63) is 54.1 Å². The van der Waals surface area contributed by atoms with Crippen LogP contribution in [-0.2, 0) is 11.3 Å². The smallest absolute Gasteiger partial charge is 0.219 e. The number of amides is 1. The van der Waals surface area contributed by atoms with E-state index in [4.69, 9.17) is 5.73 Å². The molecule has 23 heavy (non-hydrogen) atoms. The number of nitrogens with zero attached hydrogens (tertiary/aromatic N) is 4. The van der Waals surface area contributed by atoms with Crippen molar-refractivity contribution < 1.29 is 4.79 Å². The first kappa shape index (κ1) is 15.0. The maximum absolute atomic E-state index is 11.0. The van der Waals surface area contributed by atoms with Crippen molar-refractivity contribution in [1.82, 2.24) is 19.6 Å². The molecule has 118 valence electrons. The van der Waals surface area contributed by atoms with Crippen LogP contribution < -0.4 is 5.73 Å². The fraction of sp³-hybridized carbons (Fsp3) is 0.235. The van der Waals surface area contributed by atoms with Crippen LogP contribution in [0.1, 0.15) is 17.8 Å². The minimum Gasteiger partial charge on any atom is -0.370 e. The van der Waals surface area contributed by atoms with Crippen LogP contribution in [0, 0.1) is 13.8 Å². The van der Waals surface area contributed by atoms with Gasteiger partial charge in [0.15, 0.2) is 0 Å². The quantitative estimate of drug-likeness (QED) is 0.785.